The Morgan fingerprint density at radius 1 is 1.31 bits per heavy atom. The van der Waals surface area contributed by atoms with Crippen LogP contribution in [0.4, 0.5) is 19.0 Å². The average Bonchev–Trinajstić information content (AvgIpc) is 2.97. The largest absolute Gasteiger partial charge is 0.410 e. The first-order chi connectivity index (χ1) is 12.2. The Morgan fingerprint density at radius 3 is 2.54 bits per heavy atom. The molecule has 8 heteroatoms. The van der Waals surface area contributed by atoms with E-state index < -0.39 is 24.2 Å². The lowest BCUT2D eigenvalue weighted by molar-refractivity contribution is -0.173. The first-order valence-corrected chi connectivity index (χ1v) is 8.45. The molecule has 26 heavy (non-hydrogen) atoms. The number of nitrogens with zero attached hydrogens (tertiary/aromatic N) is 2. The van der Waals surface area contributed by atoms with Crippen LogP contribution < -0.4 is 10.6 Å². The third kappa shape index (κ3) is 3.54. The van der Waals surface area contributed by atoms with Crippen LogP contribution in [0.5, 0.6) is 0 Å². The highest BCUT2D eigenvalue weighted by Crippen LogP contribution is 2.44. The summed E-state index contributed by atoms with van der Waals surface area (Å²) in [6.45, 7) is 5.49. The first-order valence-electron chi connectivity index (χ1n) is 8.45. The summed E-state index contributed by atoms with van der Waals surface area (Å²) in [6.07, 6.45) is -3.46. The fourth-order valence-electron chi connectivity index (χ4n) is 3.09. The van der Waals surface area contributed by atoms with Gasteiger partial charge in [0, 0.05) is 12.5 Å². The molecule has 1 aromatic carbocycles. The SMILES string of the molecule is Cc1ccc(C2CC(C(F)(F)F)n3ncc(C(=O)NC(C)C)c3N2)cc1. The molecule has 140 valence electrons. The molecule has 5 nitrogen and oxygen atoms in total. The maximum atomic E-state index is 13.6. The molecule has 2 aromatic rings. The molecular formula is C18H21F3N4O. The topological polar surface area (TPSA) is 59.0 Å². The molecule has 2 N–H and O–H groups in total. The van der Waals surface area contributed by atoms with Gasteiger partial charge in [0.1, 0.15) is 11.4 Å². The Morgan fingerprint density at radius 2 is 1.96 bits per heavy atom. The summed E-state index contributed by atoms with van der Waals surface area (Å²) >= 11 is 0. The first kappa shape index (κ1) is 18.3. The minimum atomic E-state index is -4.46. The molecule has 0 saturated carbocycles. The minimum absolute atomic E-state index is 0.0994. The van der Waals surface area contributed by atoms with Gasteiger partial charge in [-0.25, -0.2) is 4.68 Å². The van der Waals surface area contributed by atoms with Gasteiger partial charge < -0.3 is 10.6 Å². The van der Waals surface area contributed by atoms with Crippen molar-refractivity contribution < 1.29 is 18.0 Å². The molecule has 2 atom stereocenters. The highest BCUT2D eigenvalue weighted by molar-refractivity contribution is 5.99. The van der Waals surface area contributed by atoms with E-state index in [1.54, 1.807) is 26.0 Å². The van der Waals surface area contributed by atoms with E-state index in [4.69, 9.17) is 0 Å². The molecule has 1 aliphatic rings. The van der Waals surface area contributed by atoms with E-state index in [1.807, 2.05) is 19.1 Å². The van der Waals surface area contributed by atoms with Crippen molar-refractivity contribution in [1.29, 1.82) is 0 Å². The summed E-state index contributed by atoms with van der Waals surface area (Å²) in [6, 6.07) is 4.85. The van der Waals surface area contributed by atoms with Gasteiger partial charge in [-0.1, -0.05) is 29.8 Å². The lowest BCUT2D eigenvalue weighted by Crippen LogP contribution is -2.37. The number of aromatic nitrogens is 2. The van der Waals surface area contributed by atoms with Crippen LogP contribution in [0.1, 0.15) is 53.8 Å². The van der Waals surface area contributed by atoms with Gasteiger partial charge in [0.25, 0.3) is 5.91 Å². The molecule has 0 saturated heterocycles. The molecule has 1 aliphatic heterocycles. The van der Waals surface area contributed by atoms with Crippen LogP contribution >= 0.6 is 0 Å². The summed E-state index contributed by atoms with van der Waals surface area (Å²) in [5.74, 6) is -0.346. The zero-order valence-corrected chi connectivity index (χ0v) is 14.8. The Balaban J connectivity index is 2.01. The van der Waals surface area contributed by atoms with Crippen LogP contribution in [-0.2, 0) is 0 Å². The molecule has 2 unspecified atom stereocenters. The average molecular weight is 366 g/mol. The quantitative estimate of drug-likeness (QED) is 0.864. The molecule has 1 amide bonds. The maximum Gasteiger partial charge on any atom is 0.410 e. The van der Waals surface area contributed by atoms with Gasteiger partial charge in [-0.2, -0.15) is 18.3 Å². The van der Waals surface area contributed by atoms with E-state index in [1.165, 1.54) is 6.20 Å². The van der Waals surface area contributed by atoms with Gasteiger partial charge in [-0.15, -0.1) is 0 Å². The van der Waals surface area contributed by atoms with Crippen LogP contribution in [0.25, 0.3) is 0 Å². The molecule has 0 bridgehead atoms. The lowest BCUT2D eigenvalue weighted by Gasteiger charge is -2.34. The Labute approximate surface area is 149 Å². The van der Waals surface area contributed by atoms with Crippen molar-refractivity contribution in [2.75, 3.05) is 5.32 Å². The number of benzene rings is 1. The van der Waals surface area contributed by atoms with E-state index in [0.717, 1.165) is 15.8 Å². The van der Waals surface area contributed by atoms with Crippen LogP contribution in [0.3, 0.4) is 0 Å². The third-order valence-corrected chi connectivity index (χ3v) is 4.38. The molecule has 3 rings (SSSR count). The van der Waals surface area contributed by atoms with Gasteiger partial charge in [0.2, 0.25) is 0 Å². The number of carbonyl (C=O) groups excluding carboxylic acids is 1. The lowest BCUT2D eigenvalue weighted by atomic mass is 9.96. The standard InChI is InChI=1S/C18H21F3N4O/c1-10(2)23-17(26)13-9-22-25-15(18(19,20)21)8-14(24-16(13)25)12-6-4-11(3)5-7-12/h4-7,9-10,14-15,24H,8H2,1-3H3,(H,23,26). The number of hydrogen-bond donors (Lipinski definition) is 2. The third-order valence-electron chi connectivity index (χ3n) is 4.38. The van der Waals surface area contributed by atoms with E-state index in [9.17, 15) is 18.0 Å². The van der Waals surface area contributed by atoms with Crippen molar-refractivity contribution in [3.05, 3.63) is 47.2 Å². The molecule has 2 heterocycles. The van der Waals surface area contributed by atoms with Gasteiger partial charge in [0.05, 0.1) is 12.2 Å². The smallest absolute Gasteiger partial charge is 0.363 e. The van der Waals surface area contributed by atoms with Crippen LogP contribution in [0.2, 0.25) is 0 Å². The van der Waals surface area contributed by atoms with Gasteiger partial charge in [0.15, 0.2) is 6.04 Å². The van der Waals surface area contributed by atoms with Crippen molar-refractivity contribution in [2.24, 2.45) is 0 Å². The molecule has 1 aromatic heterocycles. The number of rotatable bonds is 3. The highest BCUT2D eigenvalue weighted by atomic mass is 19.4. The van der Waals surface area contributed by atoms with Gasteiger partial charge in [-0.05, 0) is 26.3 Å². The molecule has 0 spiro atoms. The number of hydrogen-bond acceptors (Lipinski definition) is 3. The van der Waals surface area contributed by atoms with Crippen molar-refractivity contribution in [3.63, 3.8) is 0 Å². The summed E-state index contributed by atoms with van der Waals surface area (Å²) in [5.41, 5.74) is 1.89. The Kier molecular flexibility index (Phi) is 4.68. The number of fused-ring (bicyclic) bond motifs is 1. The van der Waals surface area contributed by atoms with E-state index in [-0.39, 0.29) is 23.8 Å². The highest BCUT2D eigenvalue weighted by Gasteiger charge is 2.47. The Bertz CT molecular complexity index is 796. The molecule has 0 fully saturated rings. The minimum Gasteiger partial charge on any atom is -0.363 e. The van der Waals surface area contributed by atoms with Crippen molar-refractivity contribution in [2.45, 2.75) is 51.5 Å². The second kappa shape index (κ2) is 6.66. The van der Waals surface area contributed by atoms with Crippen molar-refractivity contribution in [1.82, 2.24) is 15.1 Å². The number of alkyl halides is 3. The van der Waals surface area contributed by atoms with E-state index in [2.05, 4.69) is 15.7 Å². The number of halogens is 3. The number of anilines is 1. The number of aryl methyl sites for hydroxylation is 1. The normalized spacial score (nSPS) is 19.8. The van der Waals surface area contributed by atoms with E-state index >= 15 is 0 Å². The fourth-order valence-corrected chi connectivity index (χ4v) is 3.09. The van der Waals surface area contributed by atoms with Crippen LogP contribution in [-0.4, -0.2) is 27.9 Å². The van der Waals surface area contributed by atoms with E-state index in [0.29, 0.717) is 0 Å². The summed E-state index contributed by atoms with van der Waals surface area (Å²) < 4.78 is 41.7. The summed E-state index contributed by atoms with van der Waals surface area (Å²) in [7, 11) is 0. The number of nitrogens with one attached hydrogen (secondary N) is 2. The van der Waals surface area contributed by atoms with Gasteiger partial charge >= 0.3 is 6.18 Å². The maximum absolute atomic E-state index is 13.6. The predicted octanol–water partition coefficient (Wildman–Crippen LogP) is 3.99. The Hall–Kier alpha value is -2.51. The zero-order chi connectivity index (χ0) is 19.1. The zero-order valence-electron chi connectivity index (χ0n) is 14.8. The molecular weight excluding hydrogens is 345 g/mol. The summed E-state index contributed by atoms with van der Waals surface area (Å²) in [5, 5.41) is 9.62. The van der Waals surface area contributed by atoms with Gasteiger partial charge in [-0.3, -0.25) is 4.79 Å². The number of carbonyl (C=O) groups is 1. The van der Waals surface area contributed by atoms with Crippen LogP contribution in [0.15, 0.2) is 30.5 Å². The van der Waals surface area contributed by atoms with Crippen molar-refractivity contribution in [3.8, 4) is 0 Å². The fraction of sp³-hybridized carbons (Fsp3) is 0.444. The summed E-state index contributed by atoms with van der Waals surface area (Å²) in [4.78, 5) is 12.3. The number of amides is 1. The molecule has 0 radical (unpaired) electrons. The molecule has 0 aliphatic carbocycles. The second-order valence-electron chi connectivity index (χ2n) is 6.88. The second-order valence-corrected chi connectivity index (χ2v) is 6.88. The van der Waals surface area contributed by atoms with Crippen LogP contribution in [0, 0.1) is 6.92 Å². The predicted molar refractivity (Wildman–Crippen MR) is 92.1 cm³/mol. The van der Waals surface area contributed by atoms with Crippen molar-refractivity contribution >= 4 is 11.7 Å². The monoisotopic (exact) mass is 366 g/mol.